The highest BCUT2D eigenvalue weighted by molar-refractivity contribution is 9.10. The van der Waals surface area contributed by atoms with E-state index in [-0.39, 0.29) is 0 Å². The summed E-state index contributed by atoms with van der Waals surface area (Å²) in [6.45, 7) is 0. The molecule has 0 radical (unpaired) electrons. The van der Waals surface area contributed by atoms with Crippen LogP contribution in [0.15, 0.2) is 47.2 Å². The summed E-state index contributed by atoms with van der Waals surface area (Å²) in [5, 5.41) is 1.26. The third-order valence-electron chi connectivity index (χ3n) is 2.55. The first-order valence-corrected chi connectivity index (χ1v) is 6.45. The maximum Gasteiger partial charge on any atom is 0.163 e. The van der Waals surface area contributed by atoms with Crippen molar-refractivity contribution in [2.24, 2.45) is 0 Å². The van der Waals surface area contributed by atoms with Gasteiger partial charge in [0.1, 0.15) is 5.15 Å². The Morgan fingerprint density at radius 2 is 1.94 bits per heavy atom. The Morgan fingerprint density at radius 1 is 1.06 bits per heavy atom. The number of halogens is 2. The molecule has 3 rings (SSSR count). The molecule has 0 fully saturated rings. The SMILES string of the molecule is Clc1nc(-c2cccnc2)nc2cccc(Br)c12. The monoisotopic (exact) mass is 319 g/mol. The second kappa shape index (κ2) is 4.63. The summed E-state index contributed by atoms with van der Waals surface area (Å²) in [4.78, 5) is 12.9. The predicted molar refractivity (Wildman–Crippen MR) is 75.5 cm³/mol. The van der Waals surface area contributed by atoms with Crippen molar-refractivity contribution < 1.29 is 0 Å². The maximum absolute atomic E-state index is 6.22. The molecule has 2 aromatic heterocycles. The minimum absolute atomic E-state index is 0.436. The van der Waals surface area contributed by atoms with Crippen LogP contribution in [-0.4, -0.2) is 15.0 Å². The molecule has 0 aliphatic carbocycles. The van der Waals surface area contributed by atoms with Gasteiger partial charge in [-0.2, -0.15) is 0 Å². The molecule has 0 atom stereocenters. The molecule has 0 N–H and O–H groups in total. The van der Waals surface area contributed by atoms with E-state index in [2.05, 4.69) is 30.9 Å². The van der Waals surface area contributed by atoms with Gasteiger partial charge in [0.25, 0.3) is 0 Å². The van der Waals surface area contributed by atoms with Crippen molar-refractivity contribution in [3.63, 3.8) is 0 Å². The first-order chi connectivity index (χ1) is 8.75. The van der Waals surface area contributed by atoms with Gasteiger partial charge in [0.05, 0.1) is 10.9 Å². The van der Waals surface area contributed by atoms with Crippen molar-refractivity contribution in [3.05, 3.63) is 52.4 Å². The lowest BCUT2D eigenvalue weighted by atomic mass is 10.2. The van der Waals surface area contributed by atoms with Crippen LogP contribution in [-0.2, 0) is 0 Å². The van der Waals surface area contributed by atoms with Crippen molar-refractivity contribution >= 4 is 38.4 Å². The minimum atomic E-state index is 0.436. The fourth-order valence-corrected chi connectivity index (χ4v) is 2.66. The average Bonchev–Trinajstić information content (AvgIpc) is 2.39. The zero-order valence-electron chi connectivity index (χ0n) is 9.14. The Balaban J connectivity index is 2.29. The number of hydrogen-bond donors (Lipinski definition) is 0. The molecule has 1 aromatic carbocycles. The summed E-state index contributed by atoms with van der Waals surface area (Å²) in [7, 11) is 0. The Hall–Kier alpha value is -1.52. The summed E-state index contributed by atoms with van der Waals surface area (Å²) in [6.07, 6.45) is 3.43. The number of fused-ring (bicyclic) bond motifs is 1. The normalized spacial score (nSPS) is 10.8. The van der Waals surface area contributed by atoms with Gasteiger partial charge >= 0.3 is 0 Å². The molecule has 0 aliphatic heterocycles. The van der Waals surface area contributed by atoms with Gasteiger partial charge in [-0.3, -0.25) is 4.98 Å². The number of aromatic nitrogens is 3. The Bertz CT molecular complexity index is 716. The second-order valence-corrected chi connectivity index (χ2v) is 4.93. The minimum Gasteiger partial charge on any atom is -0.264 e. The van der Waals surface area contributed by atoms with Crippen LogP contribution >= 0.6 is 27.5 Å². The van der Waals surface area contributed by atoms with Crippen molar-refractivity contribution in [3.8, 4) is 11.4 Å². The van der Waals surface area contributed by atoms with E-state index in [9.17, 15) is 0 Å². The molecule has 0 aliphatic rings. The van der Waals surface area contributed by atoms with E-state index in [1.165, 1.54) is 0 Å². The standard InChI is InChI=1S/C13H7BrClN3/c14-9-4-1-5-10-11(9)12(15)18-13(17-10)8-3-2-6-16-7-8/h1-7H. The Labute approximate surface area is 117 Å². The highest BCUT2D eigenvalue weighted by Gasteiger charge is 2.10. The van der Waals surface area contributed by atoms with Crippen LogP contribution in [0.4, 0.5) is 0 Å². The molecule has 0 unspecified atom stereocenters. The fraction of sp³-hybridized carbons (Fsp3) is 0. The quantitative estimate of drug-likeness (QED) is 0.633. The zero-order valence-corrected chi connectivity index (χ0v) is 11.5. The summed E-state index contributed by atoms with van der Waals surface area (Å²) in [5.41, 5.74) is 1.66. The van der Waals surface area contributed by atoms with Gasteiger partial charge in [0.2, 0.25) is 0 Å². The van der Waals surface area contributed by atoms with Crippen molar-refractivity contribution in [1.82, 2.24) is 15.0 Å². The van der Waals surface area contributed by atoms with Gasteiger partial charge in [-0.15, -0.1) is 0 Å². The molecule has 2 heterocycles. The molecule has 0 amide bonds. The third-order valence-corrected chi connectivity index (χ3v) is 3.48. The van der Waals surface area contributed by atoms with Crippen LogP contribution in [0.3, 0.4) is 0 Å². The molecule has 0 spiro atoms. The Morgan fingerprint density at radius 3 is 2.72 bits per heavy atom. The predicted octanol–water partition coefficient (Wildman–Crippen LogP) is 4.11. The molecule has 0 saturated heterocycles. The number of nitrogens with zero attached hydrogens (tertiary/aromatic N) is 3. The number of pyridine rings is 1. The molecule has 0 bridgehead atoms. The molecule has 3 nitrogen and oxygen atoms in total. The third kappa shape index (κ3) is 1.98. The van der Waals surface area contributed by atoms with Gasteiger partial charge in [-0.25, -0.2) is 9.97 Å². The smallest absolute Gasteiger partial charge is 0.163 e. The highest BCUT2D eigenvalue weighted by atomic mass is 79.9. The topological polar surface area (TPSA) is 38.7 Å². The summed E-state index contributed by atoms with van der Waals surface area (Å²) in [6, 6.07) is 9.50. The largest absolute Gasteiger partial charge is 0.264 e. The van der Waals surface area contributed by atoms with Crippen LogP contribution in [0.2, 0.25) is 5.15 Å². The summed E-state index contributed by atoms with van der Waals surface area (Å²) < 4.78 is 0.891. The lowest BCUT2D eigenvalue weighted by molar-refractivity contribution is 1.20. The van der Waals surface area contributed by atoms with E-state index in [0.717, 1.165) is 20.9 Å². The number of rotatable bonds is 1. The summed E-state index contributed by atoms with van der Waals surface area (Å²) >= 11 is 9.67. The number of hydrogen-bond acceptors (Lipinski definition) is 3. The van der Waals surface area contributed by atoms with E-state index >= 15 is 0 Å². The van der Waals surface area contributed by atoms with E-state index in [0.29, 0.717) is 11.0 Å². The molecule has 5 heteroatoms. The molecular weight excluding hydrogens is 314 g/mol. The highest BCUT2D eigenvalue weighted by Crippen LogP contribution is 2.30. The lowest BCUT2D eigenvalue weighted by Gasteiger charge is -2.05. The van der Waals surface area contributed by atoms with Crippen LogP contribution < -0.4 is 0 Å². The molecule has 88 valence electrons. The maximum atomic E-state index is 6.22. The first kappa shape index (κ1) is 11.6. The van der Waals surface area contributed by atoms with Gasteiger partial charge in [-0.1, -0.05) is 17.7 Å². The molecular formula is C13H7BrClN3. The average molecular weight is 321 g/mol. The molecule has 3 aromatic rings. The zero-order chi connectivity index (χ0) is 12.5. The number of benzene rings is 1. The van der Waals surface area contributed by atoms with Crippen molar-refractivity contribution in [1.29, 1.82) is 0 Å². The second-order valence-electron chi connectivity index (χ2n) is 3.71. The van der Waals surface area contributed by atoms with Gasteiger partial charge in [0, 0.05) is 22.4 Å². The lowest BCUT2D eigenvalue weighted by Crippen LogP contribution is -1.92. The van der Waals surface area contributed by atoms with Crippen LogP contribution in [0, 0.1) is 0 Å². The van der Waals surface area contributed by atoms with E-state index in [4.69, 9.17) is 11.6 Å². The van der Waals surface area contributed by atoms with Gasteiger partial charge < -0.3 is 0 Å². The van der Waals surface area contributed by atoms with Crippen LogP contribution in [0.1, 0.15) is 0 Å². The van der Waals surface area contributed by atoms with Gasteiger partial charge in [0.15, 0.2) is 5.82 Å². The van der Waals surface area contributed by atoms with Crippen molar-refractivity contribution in [2.45, 2.75) is 0 Å². The molecule has 0 saturated carbocycles. The molecule has 18 heavy (non-hydrogen) atoms. The summed E-state index contributed by atoms with van der Waals surface area (Å²) in [5.74, 6) is 0.582. The van der Waals surface area contributed by atoms with E-state index in [1.54, 1.807) is 12.4 Å². The van der Waals surface area contributed by atoms with Gasteiger partial charge in [-0.05, 0) is 40.2 Å². The van der Waals surface area contributed by atoms with E-state index < -0.39 is 0 Å². The van der Waals surface area contributed by atoms with E-state index in [1.807, 2.05) is 30.3 Å². The van der Waals surface area contributed by atoms with Crippen LogP contribution in [0.5, 0.6) is 0 Å². The first-order valence-electron chi connectivity index (χ1n) is 5.28. The fourth-order valence-electron chi connectivity index (χ4n) is 1.72. The van der Waals surface area contributed by atoms with Crippen molar-refractivity contribution in [2.75, 3.05) is 0 Å². The van der Waals surface area contributed by atoms with Crippen LogP contribution in [0.25, 0.3) is 22.3 Å². The Kier molecular flexibility index (Phi) is 2.97.